The fraction of sp³-hybridized carbons (Fsp3) is 0.600. The standard InChI is InChI=1S/C15H23IN2O6S/c1-14(2,3)23-12(20)18(13(21)24-15(4,5)6)10(17)8(16)9(25)11(19)22-7/h17,25H,1-7H3/b9-8+,17-10?. The van der Waals surface area contributed by atoms with Crippen LogP contribution in [0.2, 0.25) is 0 Å². The molecule has 0 radical (unpaired) electrons. The number of hydrogen-bond donors (Lipinski definition) is 2. The quantitative estimate of drug-likeness (QED) is 0.117. The lowest BCUT2D eigenvalue weighted by Crippen LogP contribution is -2.47. The zero-order valence-corrected chi connectivity index (χ0v) is 18.3. The van der Waals surface area contributed by atoms with Gasteiger partial charge in [0, 0.05) is 0 Å². The Morgan fingerprint density at radius 2 is 1.32 bits per heavy atom. The molecule has 0 heterocycles. The molecule has 1 N–H and O–H groups in total. The highest BCUT2D eigenvalue weighted by Gasteiger charge is 2.36. The Balaban J connectivity index is 5.89. The number of imide groups is 1. The Labute approximate surface area is 166 Å². The maximum absolute atomic E-state index is 12.4. The highest BCUT2D eigenvalue weighted by atomic mass is 127. The van der Waals surface area contributed by atoms with Crippen LogP contribution >= 0.6 is 35.2 Å². The molecule has 0 rings (SSSR count). The van der Waals surface area contributed by atoms with Crippen molar-refractivity contribution in [3.05, 3.63) is 8.48 Å². The summed E-state index contributed by atoms with van der Waals surface area (Å²) in [6.07, 6.45) is -2.21. The molecular formula is C15H23IN2O6S. The normalized spacial score (nSPS) is 12.7. The monoisotopic (exact) mass is 486 g/mol. The molecule has 25 heavy (non-hydrogen) atoms. The molecule has 8 nitrogen and oxygen atoms in total. The van der Waals surface area contributed by atoms with Crippen molar-refractivity contribution in [1.82, 2.24) is 4.90 Å². The molecule has 0 aromatic carbocycles. The molecule has 0 aromatic heterocycles. The van der Waals surface area contributed by atoms with E-state index in [1.165, 1.54) is 0 Å². The van der Waals surface area contributed by atoms with Gasteiger partial charge in [0.2, 0.25) is 0 Å². The minimum atomic E-state index is -1.10. The van der Waals surface area contributed by atoms with Gasteiger partial charge in [-0.3, -0.25) is 5.41 Å². The van der Waals surface area contributed by atoms with Crippen molar-refractivity contribution in [2.45, 2.75) is 52.7 Å². The summed E-state index contributed by atoms with van der Waals surface area (Å²) in [7, 11) is 1.14. The van der Waals surface area contributed by atoms with Gasteiger partial charge >= 0.3 is 18.2 Å². The molecule has 0 fully saturated rings. The maximum Gasteiger partial charge on any atom is 0.425 e. The molecule has 10 heteroatoms. The molecule has 0 aliphatic heterocycles. The van der Waals surface area contributed by atoms with Gasteiger partial charge in [-0.15, -0.1) is 12.6 Å². The summed E-state index contributed by atoms with van der Waals surface area (Å²) in [5.74, 6) is -1.43. The number of esters is 1. The highest BCUT2D eigenvalue weighted by molar-refractivity contribution is 14.1. The van der Waals surface area contributed by atoms with Gasteiger partial charge < -0.3 is 14.2 Å². The van der Waals surface area contributed by atoms with E-state index in [1.807, 2.05) is 0 Å². The minimum absolute atomic E-state index is 0.0792. The lowest BCUT2D eigenvalue weighted by Gasteiger charge is -2.28. The molecule has 0 saturated carbocycles. The van der Waals surface area contributed by atoms with E-state index in [4.69, 9.17) is 14.9 Å². The van der Waals surface area contributed by atoms with Crippen LogP contribution in [0.4, 0.5) is 9.59 Å². The Hall–Kier alpha value is -1.30. The summed E-state index contributed by atoms with van der Waals surface area (Å²) in [5.41, 5.74) is -1.81. The number of amides is 2. The first-order valence-corrected chi connectivity index (χ1v) is 8.65. The van der Waals surface area contributed by atoms with Crippen LogP contribution in [-0.4, -0.2) is 47.2 Å². The molecular weight excluding hydrogens is 463 g/mol. The van der Waals surface area contributed by atoms with Crippen LogP contribution in [0.1, 0.15) is 41.5 Å². The van der Waals surface area contributed by atoms with Gasteiger partial charge in [0.15, 0.2) is 5.84 Å². The van der Waals surface area contributed by atoms with E-state index in [9.17, 15) is 14.4 Å². The van der Waals surface area contributed by atoms with E-state index in [0.717, 1.165) is 7.11 Å². The zero-order valence-electron chi connectivity index (χ0n) is 15.2. The van der Waals surface area contributed by atoms with Gasteiger partial charge in [0.1, 0.15) is 16.1 Å². The number of hydrogen-bond acceptors (Lipinski definition) is 8. The predicted octanol–water partition coefficient (Wildman–Crippen LogP) is 3.89. The first-order valence-electron chi connectivity index (χ1n) is 7.12. The van der Waals surface area contributed by atoms with E-state index in [1.54, 1.807) is 64.1 Å². The maximum atomic E-state index is 12.4. The third kappa shape index (κ3) is 8.08. The van der Waals surface area contributed by atoms with Crippen LogP contribution in [0.5, 0.6) is 0 Å². The topological polar surface area (TPSA) is 106 Å². The fourth-order valence-electron chi connectivity index (χ4n) is 1.27. The van der Waals surface area contributed by atoms with Crippen molar-refractivity contribution in [3.8, 4) is 0 Å². The van der Waals surface area contributed by atoms with E-state index >= 15 is 0 Å². The number of thiol groups is 1. The number of rotatable bonds is 2. The second-order valence-corrected chi connectivity index (χ2v) is 8.32. The number of nitrogens with one attached hydrogen (secondary N) is 1. The van der Waals surface area contributed by atoms with Crippen LogP contribution < -0.4 is 0 Å². The largest absolute Gasteiger partial charge is 0.465 e. The molecule has 0 aromatic rings. The van der Waals surface area contributed by atoms with Gasteiger partial charge in [-0.1, -0.05) is 0 Å². The van der Waals surface area contributed by atoms with E-state index in [2.05, 4.69) is 17.4 Å². The van der Waals surface area contributed by atoms with E-state index in [0.29, 0.717) is 4.90 Å². The average Bonchev–Trinajstić information content (AvgIpc) is 2.40. The zero-order chi connectivity index (χ0) is 20.2. The summed E-state index contributed by atoms with van der Waals surface area (Å²) in [4.78, 5) is 36.5. The smallest absolute Gasteiger partial charge is 0.425 e. The van der Waals surface area contributed by atoms with Gasteiger partial charge in [0.05, 0.1) is 10.7 Å². The number of ether oxygens (including phenoxy) is 3. The third-order valence-corrected chi connectivity index (χ3v) is 4.05. The van der Waals surface area contributed by atoms with Gasteiger partial charge in [0.25, 0.3) is 0 Å². The summed E-state index contributed by atoms with van der Waals surface area (Å²) in [6.45, 7) is 9.67. The third-order valence-electron chi connectivity index (χ3n) is 2.17. The summed E-state index contributed by atoms with van der Waals surface area (Å²) < 4.78 is 14.7. The van der Waals surface area contributed by atoms with Crippen molar-refractivity contribution >= 4 is 59.2 Å². The summed E-state index contributed by atoms with van der Waals surface area (Å²) in [6, 6.07) is 0. The van der Waals surface area contributed by atoms with Crippen LogP contribution in [0.15, 0.2) is 8.48 Å². The number of carbonyl (C=O) groups is 3. The molecule has 0 bridgehead atoms. The molecule has 0 atom stereocenters. The Kier molecular flexibility index (Phi) is 8.42. The van der Waals surface area contributed by atoms with Crippen LogP contribution in [0.3, 0.4) is 0 Å². The first-order chi connectivity index (χ1) is 11.1. The van der Waals surface area contributed by atoms with Gasteiger partial charge in [-0.2, -0.15) is 4.90 Å². The highest BCUT2D eigenvalue weighted by Crippen LogP contribution is 2.23. The summed E-state index contributed by atoms with van der Waals surface area (Å²) >= 11 is 5.58. The fourth-order valence-corrected chi connectivity index (χ4v) is 1.93. The minimum Gasteiger partial charge on any atom is -0.465 e. The number of carbonyl (C=O) groups excluding carboxylic acids is 3. The Morgan fingerprint density at radius 3 is 1.60 bits per heavy atom. The molecule has 0 aliphatic carbocycles. The number of amidine groups is 1. The lowest BCUT2D eigenvalue weighted by molar-refractivity contribution is -0.135. The molecule has 2 amide bonds. The van der Waals surface area contributed by atoms with Gasteiger partial charge in [-0.25, -0.2) is 14.4 Å². The Bertz CT molecular complexity index is 576. The number of methoxy groups -OCH3 is 1. The second kappa shape index (κ2) is 8.88. The Morgan fingerprint density at radius 1 is 0.960 bits per heavy atom. The van der Waals surface area contributed by atoms with Gasteiger partial charge in [-0.05, 0) is 64.1 Å². The molecule has 0 spiro atoms. The lowest BCUT2D eigenvalue weighted by atomic mass is 10.2. The van der Waals surface area contributed by atoms with E-state index in [-0.39, 0.29) is 8.48 Å². The average molecular weight is 486 g/mol. The van der Waals surface area contributed by atoms with Crippen molar-refractivity contribution in [2.75, 3.05) is 7.11 Å². The van der Waals surface area contributed by atoms with Crippen molar-refractivity contribution in [1.29, 1.82) is 5.41 Å². The second-order valence-electron chi connectivity index (χ2n) is 6.80. The molecule has 0 aliphatic rings. The van der Waals surface area contributed by atoms with Crippen molar-refractivity contribution in [2.24, 2.45) is 0 Å². The molecule has 142 valence electrons. The number of nitrogens with zero attached hydrogens (tertiary/aromatic N) is 1. The van der Waals surface area contributed by atoms with Crippen LogP contribution in [-0.2, 0) is 19.0 Å². The summed E-state index contributed by atoms with van der Waals surface area (Å²) in [5, 5.41) is 8.13. The molecule has 0 unspecified atom stereocenters. The SMILES string of the molecule is COC(=O)/C(S)=C(\I)C(=N)N(C(=O)OC(C)(C)C)C(=O)OC(C)(C)C. The van der Waals surface area contributed by atoms with Crippen LogP contribution in [0, 0.1) is 5.41 Å². The van der Waals surface area contributed by atoms with Crippen LogP contribution in [0.25, 0.3) is 0 Å². The molecule has 0 saturated heterocycles. The first kappa shape index (κ1) is 23.7. The predicted molar refractivity (Wildman–Crippen MR) is 104 cm³/mol. The van der Waals surface area contributed by atoms with Crippen molar-refractivity contribution in [3.63, 3.8) is 0 Å². The van der Waals surface area contributed by atoms with E-state index < -0.39 is 35.2 Å². The van der Waals surface area contributed by atoms with Crippen molar-refractivity contribution < 1.29 is 28.6 Å². The number of halogens is 1.